The summed E-state index contributed by atoms with van der Waals surface area (Å²) < 4.78 is 0. The Balaban J connectivity index is 3.13. The normalized spacial score (nSPS) is 11.5. The lowest BCUT2D eigenvalue weighted by Crippen LogP contribution is -1.74. The van der Waals surface area contributed by atoms with Gasteiger partial charge < -0.3 is 0 Å². The van der Waals surface area contributed by atoms with Crippen molar-refractivity contribution in [1.82, 2.24) is 0 Å². The predicted octanol–water partition coefficient (Wildman–Crippen LogP) is 5.23. The molecule has 0 unspecified atom stereocenters. The topological polar surface area (TPSA) is 0 Å². The summed E-state index contributed by atoms with van der Waals surface area (Å²) in [5.41, 5.74) is 0. The van der Waals surface area contributed by atoms with Gasteiger partial charge in [0, 0.05) is 0 Å². The maximum absolute atomic E-state index is 5.30. The smallest absolute Gasteiger partial charge is 0.0169 e. The monoisotopic (exact) mass is 205 g/mol. The Morgan fingerprint density at radius 2 is 1.47 bits per heavy atom. The molecule has 0 aliphatic rings. The SMILES string of the molecule is [CH]=CCCCCCC=CCC=CCCC. The van der Waals surface area contributed by atoms with Crippen LogP contribution in [0.2, 0.25) is 0 Å². The molecule has 0 saturated carbocycles. The Kier molecular flexibility index (Phi) is 12.5. The summed E-state index contributed by atoms with van der Waals surface area (Å²) in [6.07, 6.45) is 20.5. The van der Waals surface area contributed by atoms with Crippen molar-refractivity contribution in [2.75, 3.05) is 0 Å². The molecule has 0 aromatic heterocycles. The number of rotatable bonds is 10. The minimum absolute atomic E-state index is 1.06. The number of hydrogen-bond acceptors (Lipinski definition) is 0. The molecule has 0 aromatic carbocycles. The molecule has 0 aromatic rings. The third kappa shape index (κ3) is 13.2. The Morgan fingerprint density at radius 3 is 2.13 bits per heavy atom. The molecule has 0 amide bonds. The summed E-state index contributed by atoms with van der Waals surface area (Å²) in [4.78, 5) is 0. The van der Waals surface area contributed by atoms with Gasteiger partial charge in [0.05, 0.1) is 0 Å². The summed E-state index contributed by atoms with van der Waals surface area (Å²) in [5.74, 6) is 0. The molecule has 0 aliphatic carbocycles. The molecule has 1 radical (unpaired) electrons. The van der Waals surface area contributed by atoms with Gasteiger partial charge in [-0.25, -0.2) is 0 Å². The van der Waals surface area contributed by atoms with Gasteiger partial charge in [0.2, 0.25) is 0 Å². The van der Waals surface area contributed by atoms with Gasteiger partial charge >= 0.3 is 0 Å². The van der Waals surface area contributed by atoms with Crippen molar-refractivity contribution >= 4 is 0 Å². The third-order valence-corrected chi connectivity index (χ3v) is 2.30. The molecule has 0 fully saturated rings. The van der Waals surface area contributed by atoms with Gasteiger partial charge in [0.1, 0.15) is 0 Å². The number of unbranched alkanes of at least 4 members (excludes halogenated alkanes) is 5. The van der Waals surface area contributed by atoms with Gasteiger partial charge in [-0.3, -0.25) is 0 Å². The lowest BCUT2D eigenvalue weighted by Gasteiger charge is -1.94. The Hall–Kier alpha value is -0.780. The molecule has 0 atom stereocenters. The second-order valence-corrected chi connectivity index (χ2v) is 3.84. The van der Waals surface area contributed by atoms with E-state index in [4.69, 9.17) is 6.58 Å². The first-order valence-corrected chi connectivity index (χ1v) is 6.25. The molecule has 0 heteroatoms. The van der Waals surface area contributed by atoms with Gasteiger partial charge in [0.25, 0.3) is 0 Å². The highest BCUT2D eigenvalue weighted by Crippen LogP contribution is 2.04. The molecule has 0 bridgehead atoms. The molecule has 85 valence electrons. The van der Waals surface area contributed by atoms with E-state index in [9.17, 15) is 0 Å². The summed E-state index contributed by atoms with van der Waals surface area (Å²) >= 11 is 0. The average molecular weight is 205 g/mol. The fourth-order valence-corrected chi connectivity index (χ4v) is 1.37. The van der Waals surface area contributed by atoms with Gasteiger partial charge in [-0.15, -0.1) is 0 Å². The van der Waals surface area contributed by atoms with Gasteiger partial charge in [0.15, 0.2) is 0 Å². The first-order chi connectivity index (χ1) is 7.41. The summed E-state index contributed by atoms with van der Waals surface area (Å²) in [6.45, 7) is 7.51. The number of allylic oxidation sites excluding steroid dienone is 5. The Morgan fingerprint density at radius 1 is 0.800 bits per heavy atom. The van der Waals surface area contributed by atoms with Crippen LogP contribution in [-0.4, -0.2) is 0 Å². The van der Waals surface area contributed by atoms with Crippen molar-refractivity contribution < 1.29 is 0 Å². The number of hydrogen-bond donors (Lipinski definition) is 0. The summed E-state index contributed by atoms with van der Waals surface area (Å²) in [7, 11) is 0. The standard InChI is InChI=1S/C15H25/c1-3-5-7-9-11-13-15-14-12-10-8-6-4-2/h1,3,8,10,14-15H,4-7,9,11-13H2,2H3. The van der Waals surface area contributed by atoms with Gasteiger partial charge in [-0.2, -0.15) is 0 Å². The van der Waals surface area contributed by atoms with Crippen LogP contribution in [-0.2, 0) is 0 Å². The second-order valence-electron chi connectivity index (χ2n) is 3.84. The lowest BCUT2D eigenvalue weighted by molar-refractivity contribution is 0.696. The Bertz CT molecular complexity index is 174. The van der Waals surface area contributed by atoms with E-state index in [1.165, 1.54) is 38.5 Å². The van der Waals surface area contributed by atoms with E-state index in [2.05, 4.69) is 31.2 Å². The van der Waals surface area contributed by atoms with Gasteiger partial charge in [-0.1, -0.05) is 56.7 Å². The van der Waals surface area contributed by atoms with E-state index in [-0.39, 0.29) is 0 Å². The largest absolute Gasteiger partial charge is 0.0882 e. The van der Waals surface area contributed by atoms with Crippen LogP contribution < -0.4 is 0 Å². The quantitative estimate of drug-likeness (QED) is 0.338. The predicted molar refractivity (Wildman–Crippen MR) is 69.8 cm³/mol. The lowest BCUT2D eigenvalue weighted by atomic mass is 10.1. The molecule has 0 rings (SSSR count). The zero-order valence-corrected chi connectivity index (χ0v) is 10.1. The van der Waals surface area contributed by atoms with Crippen LogP contribution in [0.4, 0.5) is 0 Å². The van der Waals surface area contributed by atoms with Crippen molar-refractivity contribution in [3.05, 3.63) is 37.0 Å². The van der Waals surface area contributed by atoms with E-state index in [1.54, 1.807) is 6.08 Å². The molecular formula is C15H25. The molecule has 0 saturated heterocycles. The highest BCUT2D eigenvalue weighted by molar-refractivity contribution is 4.92. The van der Waals surface area contributed by atoms with Crippen LogP contribution in [0.3, 0.4) is 0 Å². The van der Waals surface area contributed by atoms with Crippen molar-refractivity contribution in [3.8, 4) is 0 Å². The second kappa shape index (κ2) is 13.2. The van der Waals surface area contributed by atoms with E-state index in [0.717, 1.165) is 12.8 Å². The van der Waals surface area contributed by atoms with Crippen molar-refractivity contribution in [3.63, 3.8) is 0 Å². The highest BCUT2D eigenvalue weighted by Gasteiger charge is 1.84. The molecule has 15 heavy (non-hydrogen) atoms. The third-order valence-electron chi connectivity index (χ3n) is 2.30. The van der Waals surface area contributed by atoms with Crippen LogP contribution in [0.15, 0.2) is 30.4 Å². The van der Waals surface area contributed by atoms with Crippen LogP contribution >= 0.6 is 0 Å². The first-order valence-electron chi connectivity index (χ1n) is 6.25. The minimum atomic E-state index is 1.06. The fraction of sp³-hybridized carbons (Fsp3) is 0.600. The van der Waals surface area contributed by atoms with Crippen LogP contribution in [0.5, 0.6) is 0 Å². The van der Waals surface area contributed by atoms with Crippen molar-refractivity contribution in [2.24, 2.45) is 0 Å². The molecular weight excluding hydrogens is 180 g/mol. The van der Waals surface area contributed by atoms with Gasteiger partial charge in [-0.05, 0) is 38.5 Å². The van der Waals surface area contributed by atoms with E-state index < -0.39 is 0 Å². The van der Waals surface area contributed by atoms with Crippen molar-refractivity contribution in [1.29, 1.82) is 0 Å². The maximum atomic E-state index is 5.30. The molecule has 0 nitrogen and oxygen atoms in total. The molecule has 0 aliphatic heterocycles. The highest BCUT2D eigenvalue weighted by atomic mass is 13.9. The first kappa shape index (κ1) is 14.2. The van der Waals surface area contributed by atoms with Crippen molar-refractivity contribution in [2.45, 2.75) is 58.3 Å². The average Bonchev–Trinajstić information content (AvgIpc) is 2.26. The van der Waals surface area contributed by atoms with E-state index in [1.807, 2.05) is 0 Å². The zero-order chi connectivity index (χ0) is 11.2. The Labute approximate surface area is 95.8 Å². The van der Waals surface area contributed by atoms with E-state index >= 15 is 0 Å². The van der Waals surface area contributed by atoms with Crippen LogP contribution in [0, 0.1) is 6.58 Å². The van der Waals surface area contributed by atoms with Crippen LogP contribution in [0.25, 0.3) is 0 Å². The van der Waals surface area contributed by atoms with E-state index in [0.29, 0.717) is 0 Å². The fourth-order valence-electron chi connectivity index (χ4n) is 1.37. The molecule has 0 heterocycles. The summed E-state index contributed by atoms with van der Waals surface area (Å²) in [6, 6.07) is 0. The maximum Gasteiger partial charge on any atom is -0.0169 e. The zero-order valence-electron chi connectivity index (χ0n) is 10.1. The molecule has 0 N–H and O–H groups in total. The minimum Gasteiger partial charge on any atom is -0.0882 e. The molecule has 0 spiro atoms. The summed E-state index contributed by atoms with van der Waals surface area (Å²) in [5, 5.41) is 0. The van der Waals surface area contributed by atoms with Crippen LogP contribution in [0.1, 0.15) is 58.3 Å².